The maximum absolute atomic E-state index is 14.6. The van der Waals surface area contributed by atoms with Gasteiger partial charge in [-0.25, -0.2) is 14.2 Å². The van der Waals surface area contributed by atoms with Crippen molar-refractivity contribution in [3.63, 3.8) is 0 Å². The lowest BCUT2D eigenvalue weighted by Gasteiger charge is -2.33. The number of rotatable bonds is 5. The summed E-state index contributed by atoms with van der Waals surface area (Å²) in [6.07, 6.45) is 3.11. The molecule has 0 bridgehead atoms. The summed E-state index contributed by atoms with van der Waals surface area (Å²) >= 11 is 0. The summed E-state index contributed by atoms with van der Waals surface area (Å²) in [6, 6.07) is 3.06. The van der Waals surface area contributed by atoms with Crippen molar-refractivity contribution in [2.24, 2.45) is 4.99 Å². The zero-order chi connectivity index (χ0) is 22.9. The number of aliphatic imine (C=N–C) groups is 1. The van der Waals surface area contributed by atoms with Crippen LogP contribution in [0.25, 0.3) is 0 Å². The van der Waals surface area contributed by atoms with Gasteiger partial charge in [-0.15, -0.1) is 16.8 Å². The molecule has 0 aliphatic carbocycles. The smallest absolute Gasteiger partial charge is 0.412 e. The first-order valence-corrected chi connectivity index (χ1v) is 10.5. The van der Waals surface area contributed by atoms with Gasteiger partial charge in [0, 0.05) is 37.1 Å². The standard InChI is InChI=1S/C22H27FN6O3/c1-5-9-28(21(30)32-22(2,3)4)18-11-19-27-25-13-29(19)20(26-18)24-12-15-14-8-10-31-17(14)7-6-16(15)23/h5-7,13,18H,1,8-12H2,2-4H3,(H,24,26). The van der Waals surface area contributed by atoms with Crippen LogP contribution in [0, 0.1) is 5.82 Å². The van der Waals surface area contributed by atoms with Gasteiger partial charge in [0.2, 0.25) is 5.96 Å². The van der Waals surface area contributed by atoms with Crippen molar-refractivity contribution >= 4 is 12.1 Å². The van der Waals surface area contributed by atoms with Crippen LogP contribution in [0.4, 0.5) is 9.18 Å². The predicted molar refractivity (Wildman–Crippen MR) is 116 cm³/mol. The quantitative estimate of drug-likeness (QED) is 0.716. The number of aromatic nitrogens is 3. The lowest BCUT2D eigenvalue weighted by molar-refractivity contribution is 0.0190. The second-order valence-corrected chi connectivity index (χ2v) is 8.63. The lowest BCUT2D eigenvalue weighted by atomic mass is 10.0. The molecular formula is C22H27FN6O3. The molecule has 1 amide bonds. The van der Waals surface area contributed by atoms with Crippen LogP contribution in [0.2, 0.25) is 0 Å². The molecule has 9 nitrogen and oxygen atoms in total. The molecule has 1 aromatic carbocycles. The number of carbonyl (C=O) groups excluding carboxylic acids is 1. The number of carbonyl (C=O) groups is 1. The Labute approximate surface area is 185 Å². The third-order valence-electron chi connectivity index (χ3n) is 5.16. The van der Waals surface area contributed by atoms with E-state index in [0.717, 1.165) is 5.56 Å². The molecule has 0 saturated heterocycles. The molecule has 2 aromatic rings. The SMILES string of the molecule is C=CCN(C(=O)OC(C)(C)C)C1Cc2nncn2C(NCc2c(F)ccc3c2CCO3)=N1. The molecule has 4 rings (SSSR count). The zero-order valence-corrected chi connectivity index (χ0v) is 18.5. The first-order chi connectivity index (χ1) is 15.3. The van der Waals surface area contributed by atoms with Crippen molar-refractivity contribution in [1.29, 1.82) is 0 Å². The van der Waals surface area contributed by atoms with Gasteiger partial charge in [-0.05, 0) is 32.9 Å². The Hall–Kier alpha value is -3.43. The van der Waals surface area contributed by atoms with Crippen LogP contribution in [-0.4, -0.2) is 56.6 Å². The van der Waals surface area contributed by atoms with Crippen molar-refractivity contribution in [2.75, 3.05) is 13.2 Å². The summed E-state index contributed by atoms with van der Waals surface area (Å²) in [5.41, 5.74) is 0.745. The Kier molecular flexibility index (Phi) is 5.86. The van der Waals surface area contributed by atoms with E-state index in [0.29, 0.717) is 42.5 Å². The van der Waals surface area contributed by atoms with Crippen LogP contribution in [0.15, 0.2) is 36.1 Å². The summed E-state index contributed by atoms with van der Waals surface area (Å²) in [7, 11) is 0. The van der Waals surface area contributed by atoms with Gasteiger partial charge in [0.05, 0.1) is 6.61 Å². The molecule has 1 aromatic heterocycles. The lowest BCUT2D eigenvalue weighted by Crippen LogP contribution is -2.48. The molecule has 1 atom stereocenters. The largest absolute Gasteiger partial charge is 0.493 e. The van der Waals surface area contributed by atoms with Gasteiger partial charge in [-0.3, -0.25) is 9.47 Å². The summed E-state index contributed by atoms with van der Waals surface area (Å²) in [5, 5.41) is 11.3. The predicted octanol–water partition coefficient (Wildman–Crippen LogP) is 2.65. The van der Waals surface area contributed by atoms with Crippen molar-refractivity contribution < 1.29 is 18.7 Å². The number of fused-ring (bicyclic) bond motifs is 2. The van der Waals surface area contributed by atoms with Crippen molar-refractivity contribution in [1.82, 2.24) is 25.0 Å². The Morgan fingerprint density at radius 2 is 2.28 bits per heavy atom. The fourth-order valence-corrected chi connectivity index (χ4v) is 3.75. The third-order valence-corrected chi connectivity index (χ3v) is 5.16. The van der Waals surface area contributed by atoms with Crippen LogP contribution >= 0.6 is 0 Å². The average Bonchev–Trinajstić information content (AvgIpc) is 3.38. The normalized spacial score (nSPS) is 17.0. The van der Waals surface area contributed by atoms with E-state index in [-0.39, 0.29) is 18.9 Å². The van der Waals surface area contributed by atoms with Crippen LogP contribution in [0.1, 0.15) is 37.7 Å². The zero-order valence-electron chi connectivity index (χ0n) is 18.5. The monoisotopic (exact) mass is 442 g/mol. The molecule has 0 spiro atoms. The van der Waals surface area contributed by atoms with Gasteiger partial charge >= 0.3 is 6.09 Å². The molecule has 1 unspecified atom stereocenters. The third kappa shape index (κ3) is 4.44. The number of nitrogens with one attached hydrogen (secondary N) is 1. The molecular weight excluding hydrogens is 415 g/mol. The van der Waals surface area contributed by atoms with E-state index in [1.807, 2.05) is 0 Å². The topological polar surface area (TPSA) is 93.9 Å². The Morgan fingerprint density at radius 3 is 3.03 bits per heavy atom. The van der Waals surface area contributed by atoms with Crippen LogP contribution in [-0.2, 0) is 24.1 Å². The maximum atomic E-state index is 14.6. The number of hydrogen-bond acceptors (Lipinski definition) is 7. The van der Waals surface area contributed by atoms with Crippen molar-refractivity contribution in [3.8, 4) is 5.75 Å². The molecule has 2 aliphatic heterocycles. The van der Waals surface area contributed by atoms with Gasteiger partial charge in [-0.2, -0.15) is 0 Å². The first kappa shape index (κ1) is 21.8. The van der Waals surface area contributed by atoms with Crippen LogP contribution in [0.5, 0.6) is 5.75 Å². The molecule has 170 valence electrons. The number of amides is 1. The Balaban J connectivity index is 1.60. The molecule has 10 heteroatoms. The number of halogens is 1. The van der Waals surface area contributed by atoms with E-state index in [1.165, 1.54) is 17.3 Å². The van der Waals surface area contributed by atoms with E-state index >= 15 is 0 Å². The first-order valence-electron chi connectivity index (χ1n) is 10.5. The molecule has 32 heavy (non-hydrogen) atoms. The highest BCUT2D eigenvalue weighted by Gasteiger charge is 2.32. The summed E-state index contributed by atoms with van der Waals surface area (Å²) in [4.78, 5) is 19.0. The van der Waals surface area contributed by atoms with Gasteiger partial charge in [-0.1, -0.05) is 6.08 Å². The Bertz CT molecular complexity index is 1060. The molecule has 0 radical (unpaired) electrons. The fourth-order valence-electron chi connectivity index (χ4n) is 3.75. The minimum atomic E-state index is -0.650. The highest BCUT2D eigenvalue weighted by atomic mass is 19.1. The van der Waals surface area contributed by atoms with Gasteiger partial charge in [0.1, 0.15) is 35.5 Å². The second-order valence-electron chi connectivity index (χ2n) is 8.63. The highest BCUT2D eigenvalue weighted by molar-refractivity contribution is 5.84. The molecule has 3 heterocycles. The highest BCUT2D eigenvalue weighted by Crippen LogP contribution is 2.30. The van der Waals surface area contributed by atoms with Gasteiger partial charge in [0.15, 0.2) is 0 Å². The Morgan fingerprint density at radius 1 is 1.47 bits per heavy atom. The fraction of sp³-hybridized carbons (Fsp3) is 0.455. The number of ether oxygens (including phenoxy) is 2. The second kappa shape index (κ2) is 8.60. The minimum Gasteiger partial charge on any atom is -0.493 e. The van der Waals surface area contributed by atoms with E-state index in [4.69, 9.17) is 14.5 Å². The summed E-state index contributed by atoms with van der Waals surface area (Å²) in [5.74, 6) is 1.46. The average molecular weight is 442 g/mol. The number of benzene rings is 1. The van der Waals surface area contributed by atoms with E-state index in [9.17, 15) is 9.18 Å². The number of nitrogens with zero attached hydrogens (tertiary/aromatic N) is 5. The van der Waals surface area contributed by atoms with Crippen molar-refractivity contribution in [2.45, 2.75) is 51.9 Å². The number of hydrogen-bond donors (Lipinski definition) is 1. The summed E-state index contributed by atoms with van der Waals surface area (Å²) in [6.45, 7) is 10.2. The van der Waals surface area contributed by atoms with Crippen molar-refractivity contribution in [3.05, 3.63) is 53.9 Å². The van der Waals surface area contributed by atoms with E-state index < -0.39 is 17.9 Å². The maximum Gasteiger partial charge on any atom is 0.412 e. The summed E-state index contributed by atoms with van der Waals surface area (Å²) < 4.78 is 27.4. The van der Waals surface area contributed by atoms with Gasteiger partial charge < -0.3 is 14.8 Å². The van der Waals surface area contributed by atoms with E-state index in [1.54, 1.807) is 37.5 Å². The van der Waals surface area contributed by atoms with Crippen LogP contribution < -0.4 is 10.1 Å². The van der Waals surface area contributed by atoms with E-state index in [2.05, 4.69) is 22.1 Å². The molecule has 0 saturated carbocycles. The van der Waals surface area contributed by atoms with Crippen LogP contribution in [0.3, 0.4) is 0 Å². The molecule has 1 N–H and O–H groups in total. The molecule has 2 aliphatic rings. The van der Waals surface area contributed by atoms with Gasteiger partial charge in [0.25, 0.3) is 0 Å². The minimum absolute atomic E-state index is 0.204. The molecule has 0 fully saturated rings.